The number of amides is 2. The molecule has 0 bridgehead atoms. The molecule has 2 aliphatic rings. The van der Waals surface area contributed by atoms with Crippen molar-refractivity contribution in [1.82, 2.24) is 20.6 Å². The van der Waals surface area contributed by atoms with Crippen LogP contribution in [0, 0.1) is 17.2 Å². The van der Waals surface area contributed by atoms with Crippen LogP contribution in [0.4, 0.5) is 5.82 Å². The predicted octanol–water partition coefficient (Wildman–Crippen LogP) is 0.740. The van der Waals surface area contributed by atoms with Gasteiger partial charge < -0.3 is 15.5 Å². The number of anilines is 1. The number of carbonyl (C=O) groups excluding carboxylic acids is 2. The number of aromatic nitrogens is 2. The van der Waals surface area contributed by atoms with Crippen LogP contribution >= 0.6 is 0 Å². The number of rotatable bonds is 4. The summed E-state index contributed by atoms with van der Waals surface area (Å²) >= 11 is 0. The summed E-state index contributed by atoms with van der Waals surface area (Å²) in [4.78, 5) is 34.2. The van der Waals surface area contributed by atoms with Gasteiger partial charge >= 0.3 is 11.8 Å². The summed E-state index contributed by atoms with van der Waals surface area (Å²) in [5.74, 6) is -0.127. The number of hydrogen-bond donors (Lipinski definition) is 2. The lowest BCUT2D eigenvalue weighted by atomic mass is 9.96. The monoisotopic (exact) mass is 356 g/mol. The Morgan fingerprint density at radius 1 is 1.12 bits per heavy atom. The molecular weight excluding hydrogens is 332 g/mol. The Kier molecular flexibility index (Phi) is 6.00. The molecule has 0 unspecified atom stereocenters. The molecule has 0 spiro atoms. The van der Waals surface area contributed by atoms with Gasteiger partial charge in [0.25, 0.3) is 0 Å². The Bertz CT molecular complexity index is 687. The highest BCUT2D eigenvalue weighted by molar-refractivity contribution is 6.35. The van der Waals surface area contributed by atoms with Crippen molar-refractivity contribution in [2.45, 2.75) is 44.6 Å². The van der Waals surface area contributed by atoms with Crippen molar-refractivity contribution in [2.75, 3.05) is 24.5 Å². The molecule has 0 aromatic carbocycles. The van der Waals surface area contributed by atoms with Crippen molar-refractivity contribution >= 4 is 17.6 Å². The molecule has 0 atom stereocenters. The van der Waals surface area contributed by atoms with Gasteiger partial charge in [0.1, 0.15) is 6.07 Å². The summed E-state index contributed by atoms with van der Waals surface area (Å²) in [6.07, 6.45) is 8.99. The third-order valence-corrected chi connectivity index (χ3v) is 5.15. The van der Waals surface area contributed by atoms with Gasteiger partial charge in [0.15, 0.2) is 11.5 Å². The highest BCUT2D eigenvalue weighted by Gasteiger charge is 2.25. The van der Waals surface area contributed by atoms with Crippen molar-refractivity contribution < 1.29 is 9.59 Å². The van der Waals surface area contributed by atoms with E-state index >= 15 is 0 Å². The van der Waals surface area contributed by atoms with E-state index in [0.29, 0.717) is 24.0 Å². The van der Waals surface area contributed by atoms with Crippen molar-refractivity contribution in [3.05, 3.63) is 18.1 Å². The third-order valence-electron chi connectivity index (χ3n) is 5.15. The first-order valence-electron chi connectivity index (χ1n) is 9.22. The average Bonchev–Trinajstić information content (AvgIpc) is 3.19. The Balaban J connectivity index is 1.42. The van der Waals surface area contributed by atoms with E-state index in [1.807, 2.05) is 0 Å². The van der Waals surface area contributed by atoms with E-state index in [4.69, 9.17) is 5.26 Å². The van der Waals surface area contributed by atoms with E-state index in [1.165, 1.54) is 6.20 Å². The fraction of sp³-hybridized carbons (Fsp3) is 0.611. The molecule has 1 saturated carbocycles. The molecule has 1 aliphatic heterocycles. The van der Waals surface area contributed by atoms with Crippen LogP contribution in [0.15, 0.2) is 12.4 Å². The second kappa shape index (κ2) is 8.61. The van der Waals surface area contributed by atoms with Gasteiger partial charge in [0, 0.05) is 38.1 Å². The molecule has 138 valence electrons. The first kappa shape index (κ1) is 18.1. The summed E-state index contributed by atoms with van der Waals surface area (Å²) in [6, 6.07) is 2.22. The normalized spacial score (nSPS) is 18.3. The molecule has 2 amide bonds. The van der Waals surface area contributed by atoms with Crippen molar-refractivity contribution in [1.29, 1.82) is 5.26 Å². The maximum atomic E-state index is 12.0. The van der Waals surface area contributed by atoms with Crippen LogP contribution in [0.5, 0.6) is 0 Å². The summed E-state index contributed by atoms with van der Waals surface area (Å²) in [6.45, 7) is 2.00. The van der Waals surface area contributed by atoms with Gasteiger partial charge in [0.2, 0.25) is 0 Å². The van der Waals surface area contributed by atoms with Crippen LogP contribution in [-0.2, 0) is 9.59 Å². The van der Waals surface area contributed by atoms with Crippen molar-refractivity contribution in [2.24, 2.45) is 5.92 Å². The van der Waals surface area contributed by atoms with Gasteiger partial charge in [-0.1, -0.05) is 12.8 Å². The quantitative estimate of drug-likeness (QED) is 0.770. The van der Waals surface area contributed by atoms with Crippen LogP contribution < -0.4 is 15.5 Å². The zero-order valence-electron chi connectivity index (χ0n) is 14.8. The smallest absolute Gasteiger partial charge is 0.309 e. The molecule has 26 heavy (non-hydrogen) atoms. The minimum atomic E-state index is -0.542. The molecule has 0 radical (unpaired) electrons. The van der Waals surface area contributed by atoms with Crippen molar-refractivity contribution in [3.63, 3.8) is 0 Å². The zero-order valence-corrected chi connectivity index (χ0v) is 14.8. The summed E-state index contributed by atoms with van der Waals surface area (Å²) in [7, 11) is 0. The molecule has 1 aliphatic carbocycles. The molecular formula is C18H24N6O2. The maximum Gasteiger partial charge on any atom is 0.309 e. The summed E-state index contributed by atoms with van der Waals surface area (Å²) in [5.41, 5.74) is 0.336. The first-order valence-corrected chi connectivity index (χ1v) is 9.22. The summed E-state index contributed by atoms with van der Waals surface area (Å²) < 4.78 is 0. The van der Waals surface area contributed by atoms with E-state index in [9.17, 15) is 9.59 Å². The van der Waals surface area contributed by atoms with Crippen LogP contribution in [0.2, 0.25) is 0 Å². The minimum absolute atomic E-state index is 0.151. The largest absolute Gasteiger partial charge is 0.354 e. The van der Waals surface area contributed by atoms with E-state index in [1.54, 1.807) is 6.20 Å². The molecule has 2 heterocycles. The van der Waals surface area contributed by atoms with Gasteiger partial charge in [-0.2, -0.15) is 5.26 Å². The molecule has 3 rings (SSSR count). The molecule has 8 nitrogen and oxygen atoms in total. The summed E-state index contributed by atoms with van der Waals surface area (Å²) in [5, 5.41) is 14.7. The molecule has 8 heteroatoms. The van der Waals surface area contributed by atoms with Gasteiger partial charge in [-0.15, -0.1) is 0 Å². The zero-order chi connectivity index (χ0) is 18.4. The van der Waals surface area contributed by atoms with E-state index in [0.717, 1.165) is 51.6 Å². The Morgan fingerprint density at radius 2 is 1.81 bits per heavy atom. The minimum Gasteiger partial charge on any atom is -0.354 e. The van der Waals surface area contributed by atoms with Crippen LogP contribution in [0.1, 0.15) is 44.2 Å². The van der Waals surface area contributed by atoms with Gasteiger partial charge in [-0.05, 0) is 31.6 Å². The third kappa shape index (κ3) is 4.48. The average molecular weight is 356 g/mol. The van der Waals surface area contributed by atoms with Crippen LogP contribution in [-0.4, -0.2) is 47.5 Å². The number of nitrogens with zero attached hydrogens (tertiary/aromatic N) is 4. The van der Waals surface area contributed by atoms with Crippen LogP contribution in [0.25, 0.3) is 0 Å². The fourth-order valence-electron chi connectivity index (χ4n) is 3.63. The Morgan fingerprint density at radius 3 is 2.50 bits per heavy atom. The van der Waals surface area contributed by atoms with Gasteiger partial charge in [-0.25, -0.2) is 9.97 Å². The topological polar surface area (TPSA) is 111 Å². The highest BCUT2D eigenvalue weighted by Crippen LogP contribution is 2.23. The lowest BCUT2D eigenvalue weighted by molar-refractivity contribution is -0.139. The lowest BCUT2D eigenvalue weighted by Gasteiger charge is -2.32. The fourth-order valence-corrected chi connectivity index (χ4v) is 3.63. The SMILES string of the molecule is N#Cc1nccnc1N1CCC(CNC(=O)C(=O)NC2CCCC2)CC1. The number of nitrogens with one attached hydrogen (secondary N) is 2. The second-order valence-electron chi connectivity index (χ2n) is 6.94. The lowest BCUT2D eigenvalue weighted by Crippen LogP contribution is -2.46. The number of hydrogen-bond acceptors (Lipinski definition) is 6. The number of piperidine rings is 1. The number of nitriles is 1. The van der Waals surface area contributed by atoms with Crippen LogP contribution in [0.3, 0.4) is 0 Å². The Hall–Kier alpha value is -2.69. The number of carbonyl (C=O) groups is 2. The maximum absolute atomic E-state index is 12.0. The molecule has 2 N–H and O–H groups in total. The molecule has 2 fully saturated rings. The van der Waals surface area contributed by atoms with E-state index in [-0.39, 0.29) is 6.04 Å². The molecule has 1 aromatic rings. The van der Waals surface area contributed by atoms with Gasteiger partial charge in [0.05, 0.1) is 0 Å². The molecule has 1 saturated heterocycles. The standard InChI is InChI=1S/C18H24N6O2/c19-11-15-16(21-8-7-20-15)24-9-5-13(6-10-24)12-22-17(25)18(26)23-14-3-1-2-4-14/h7-8,13-14H,1-6,9-10,12H2,(H,22,25)(H,23,26). The van der Waals surface area contributed by atoms with E-state index in [2.05, 4.69) is 31.6 Å². The van der Waals surface area contributed by atoms with Crippen molar-refractivity contribution in [3.8, 4) is 6.07 Å². The first-order chi connectivity index (χ1) is 12.7. The van der Waals surface area contributed by atoms with E-state index < -0.39 is 11.8 Å². The van der Waals surface area contributed by atoms with Gasteiger partial charge in [-0.3, -0.25) is 9.59 Å². The Labute approximate surface area is 153 Å². The predicted molar refractivity (Wildman–Crippen MR) is 95.1 cm³/mol. The molecule has 1 aromatic heterocycles. The highest BCUT2D eigenvalue weighted by atomic mass is 16.2. The second-order valence-corrected chi connectivity index (χ2v) is 6.94.